The van der Waals surface area contributed by atoms with Gasteiger partial charge in [0.1, 0.15) is 0 Å². The Kier molecular flexibility index (Phi) is 1.69. The van der Waals surface area contributed by atoms with Gasteiger partial charge in [0.25, 0.3) is 0 Å². The molecule has 0 bridgehead atoms. The normalized spacial score (nSPS) is 10.7. The molecule has 1 aromatic heterocycles. The Bertz CT molecular complexity index is 394. The van der Waals surface area contributed by atoms with E-state index in [4.69, 9.17) is 0 Å². The quantitative estimate of drug-likeness (QED) is 0.673. The first-order chi connectivity index (χ1) is 5.25. The Morgan fingerprint density at radius 1 is 1.45 bits per heavy atom. The predicted octanol–water partition coefficient (Wildman–Crippen LogP) is 3.37. The van der Waals surface area contributed by atoms with E-state index in [9.17, 15) is 0 Å². The van der Waals surface area contributed by atoms with Crippen molar-refractivity contribution in [2.24, 2.45) is 0 Å². The van der Waals surface area contributed by atoms with E-state index in [1.54, 1.807) is 11.3 Å². The molecule has 0 saturated heterocycles. The highest BCUT2D eigenvalue weighted by molar-refractivity contribution is 9.11. The van der Waals surface area contributed by atoms with Crippen molar-refractivity contribution in [3.8, 4) is 0 Å². The molecular formula is C8H6BrNS. The third-order valence-electron chi connectivity index (χ3n) is 1.52. The third-order valence-corrected chi connectivity index (χ3v) is 3.00. The van der Waals surface area contributed by atoms with Gasteiger partial charge in [-0.15, -0.1) is 11.3 Å². The molecule has 1 heterocycles. The molecule has 0 aliphatic rings. The van der Waals surface area contributed by atoms with Gasteiger partial charge < -0.3 is 0 Å². The van der Waals surface area contributed by atoms with Crippen LogP contribution < -0.4 is 0 Å². The SMILES string of the molecule is Cc1ccc2sc(Br)nc2c1. The third kappa shape index (κ3) is 1.30. The van der Waals surface area contributed by atoms with Gasteiger partial charge in [0.05, 0.1) is 10.2 Å². The van der Waals surface area contributed by atoms with Crippen LogP contribution in [-0.2, 0) is 0 Å². The summed E-state index contributed by atoms with van der Waals surface area (Å²) >= 11 is 5.02. The van der Waals surface area contributed by atoms with E-state index in [1.807, 2.05) is 0 Å². The van der Waals surface area contributed by atoms with E-state index in [2.05, 4.69) is 46.0 Å². The van der Waals surface area contributed by atoms with Crippen LogP contribution in [0.25, 0.3) is 10.2 Å². The van der Waals surface area contributed by atoms with Crippen LogP contribution in [0, 0.1) is 6.92 Å². The molecule has 1 nitrogen and oxygen atoms in total. The van der Waals surface area contributed by atoms with Crippen molar-refractivity contribution in [1.82, 2.24) is 4.98 Å². The Labute approximate surface area is 77.2 Å². The van der Waals surface area contributed by atoms with Crippen molar-refractivity contribution >= 4 is 37.5 Å². The van der Waals surface area contributed by atoms with Crippen LogP contribution in [-0.4, -0.2) is 4.98 Å². The van der Waals surface area contributed by atoms with E-state index < -0.39 is 0 Å². The maximum atomic E-state index is 4.31. The van der Waals surface area contributed by atoms with Crippen LogP contribution in [0.3, 0.4) is 0 Å². The minimum absolute atomic E-state index is 0.957. The highest BCUT2D eigenvalue weighted by Crippen LogP contribution is 2.26. The number of aryl methyl sites for hydroxylation is 1. The highest BCUT2D eigenvalue weighted by atomic mass is 79.9. The molecule has 0 amide bonds. The molecule has 0 aliphatic heterocycles. The van der Waals surface area contributed by atoms with Gasteiger partial charge in [0.15, 0.2) is 3.92 Å². The van der Waals surface area contributed by atoms with Gasteiger partial charge in [-0.3, -0.25) is 0 Å². The smallest absolute Gasteiger partial charge is 0.160 e. The number of thiazole rings is 1. The summed E-state index contributed by atoms with van der Waals surface area (Å²) in [6.45, 7) is 2.08. The summed E-state index contributed by atoms with van der Waals surface area (Å²) in [5, 5.41) is 0. The molecule has 2 aromatic rings. The molecule has 0 fully saturated rings. The second-order valence-corrected chi connectivity index (χ2v) is 4.74. The zero-order chi connectivity index (χ0) is 7.84. The first-order valence-electron chi connectivity index (χ1n) is 3.28. The molecule has 3 heteroatoms. The Hall–Kier alpha value is -0.410. The van der Waals surface area contributed by atoms with Gasteiger partial charge in [-0.05, 0) is 40.5 Å². The fourth-order valence-corrected chi connectivity index (χ4v) is 2.39. The van der Waals surface area contributed by atoms with E-state index in [1.165, 1.54) is 10.3 Å². The summed E-state index contributed by atoms with van der Waals surface area (Å²) < 4.78 is 2.19. The number of fused-ring (bicyclic) bond motifs is 1. The second-order valence-electron chi connectivity index (χ2n) is 2.44. The minimum atomic E-state index is 0.957. The molecule has 0 aliphatic carbocycles. The van der Waals surface area contributed by atoms with Gasteiger partial charge in [-0.1, -0.05) is 6.07 Å². The molecule has 11 heavy (non-hydrogen) atoms. The van der Waals surface area contributed by atoms with Gasteiger partial charge in [-0.25, -0.2) is 4.98 Å². The van der Waals surface area contributed by atoms with E-state index in [0.717, 1.165) is 9.43 Å². The van der Waals surface area contributed by atoms with Gasteiger partial charge in [-0.2, -0.15) is 0 Å². The molecule has 0 unspecified atom stereocenters. The first kappa shape index (κ1) is 7.25. The largest absolute Gasteiger partial charge is 0.229 e. The van der Waals surface area contributed by atoms with Crippen LogP contribution in [0.4, 0.5) is 0 Å². The molecular weight excluding hydrogens is 222 g/mol. The van der Waals surface area contributed by atoms with E-state index in [-0.39, 0.29) is 0 Å². The highest BCUT2D eigenvalue weighted by Gasteiger charge is 1.99. The van der Waals surface area contributed by atoms with Crippen molar-refractivity contribution in [2.75, 3.05) is 0 Å². The van der Waals surface area contributed by atoms with Crippen molar-refractivity contribution in [1.29, 1.82) is 0 Å². The average Bonchev–Trinajstić information content (AvgIpc) is 2.27. The van der Waals surface area contributed by atoms with E-state index in [0.29, 0.717) is 0 Å². The van der Waals surface area contributed by atoms with Crippen LogP contribution in [0.5, 0.6) is 0 Å². The van der Waals surface area contributed by atoms with Crippen molar-refractivity contribution in [3.05, 3.63) is 27.7 Å². The van der Waals surface area contributed by atoms with Gasteiger partial charge in [0.2, 0.25) is 0 Å². The summed E-state index contributed by atoms with van der Waals surface area (Å²) in [6.07, 6.45) is 0. The lowest BCUT2D eigenvalue weighted by molar-refractivity contribution is 1.42. The summed E-state index contributed by atoms with van der Waals surface area (Å²) in [6, 6.07) is 6.30. The maximum absolute atomic E-state index is 4.31. The lowest BCUT2D eigenvalue weighted by atomic mass is 10.2. The molecule has 0 atom stereocenters. The molecule has 1 aromatic carbocycles. The lowest BCUT2D eigenvalue weighted by Crippen LogP contribution is -1.70. The maximum Gasteiger partial charge on any atom is 0.160 e. The standard InChI is InChI=1S/C8H6BrNS/c1-5-2-3-7-6(4-5)10-8(9)11-7/h2-4H,1H3. The number of benzene rings is 1. The summed E-state index contributed by atoms with van der Waals surface area (Å²) in [5.41, 5.74) is 2.34. The average molecular weight is 228 g/mol. The number of rotatable bonds is 0. The van der Waals surface area contributed by atoms with Crippen molar-refractivity contribution in [2.45, 2.75) is 6.92 Å². The molecule has 56 valence electrons. The van der Waals surface area contributed by atoms with Crippen LogP contribution in [0.1, 0.15) is 5.56 Å². The summed E-state index contributed by atoms with van der Waals surface area (Å²) in [4.78, 5) is 4.31. The molecule has 2 rings (SSSR count). The first-order valence-corrected chi connectivity index (χ1v) is 4.89. The zero-order valence-corrected chi connectivity index (χ0v) is 8.37. The zero-order valence-electron chi connectivity index (χ0n) is 5.97. The van der Waals surface area contributed by atoms with Crippen molar-refractivity contribution in [3.63, 3.8) is 0 Å². The minimum Gasteiger partial charge on any atom is -0.229 e. The molecule has 0 saturated carbocycles. The summed E-state index contributed by atoms with van der Waals surface area (Å²) in [5.74, 6) is 0. The van der Waals surface area contributed by atoms with Crippen LogP contribution >= 0.6 is 27.3 Å². The Balaban J connectivity index is 2.82. The van der Waals surface area contributed by atoms with E-state index >= 15 is 0 Å². The van der Waals surface area contributed by atoms with Crippen LogP contribution in [0.15, 0.2) is 22.1 Å². The lowest BCUT2D eigenvalue weighted by Gasteiger charge is -1.88. The number of halogens is 1. The van der Waals surface area contributed by atoms with Crippen LogP contribution in [0.2, 0.25) is 0 Å². The topological polar surface area (TPSA) is 12.9 Å². The molecule has 0 spiro atoms. The predicted molar refractivity (Wildman–Crippen MR) is 52.1 cm³/mol. The Morgan fingerprint density at radius 3 is 3.09 bits per heavy atom. The van der Waals surface area contributed by atoms with Crippen molar-refractivity contribution < 1.29 is 0 Å². The number of hydrogen-bond acceptors (Lipinski definition) is 2. The Morgan fingerprint density at radius 2 is 2.27 bits per heavy atom. The number of hydrogen-bond donors (Lipinski definition) is 0. The molecule has 0 radical (unpaired) electrons. The monoisotopic (exact) mass is 227 g/mol. The van der Waals surface area contributed by atoms with Gasteiger partial charge in [0, 0.05) is 0 Å². The summed E-state index contributed by atoms with van der Waals surface area (Å²) in [7, 11) is 0. The van der Waals surface area contributed by atoms with Gasteiger partial charge >= 0.3 is 0 Å². The fourth-order valence-electron chi connectivity index (χ4n) is 1.01. The number of aromatic nitrogens is 1. The fraction of sp³-hybridized carbons (Fsp3) is 0.125. The second kappa shape index (κ2) is 2.57. The number of nitrogens with zero attached hydrogens (tertiary/aromatic N) is 1. The molecule has 0 N–H and O–H groups in total.